The Balaban J connectivity index is 1.65. The molecule has 2 aliphatic rings. The Morgan fingerprint density at radius 2 is 2.26 bits per heavy atom. The fourth-order valence-electron chi connectivity index (χ4n) is 3.76. The van der Waals surface area contributed by atoms with Crippen molar-refractivity contribution in [2.45, 2.75) is 33.3 Å². The monoisotopic (exact) mass is 337 g/mol. The van der Waals surface area contributed by atoms with Gasteiger partial charge in [-0.15, -0.1) is 11.3 Å². The highest BCUT2D eigenvalue weighted by Crippen LogP contribution is 2.35. The van der Waals surface area contributed by atoms with E-state index in [-0.39, 0.29) is 12.0 Å². The maximum atomic E-state index is 12.7. The number of carbonyl (C=O) groups is 1. The minimum absolute atomic E-state index is 0.0845. The first-order valence-corrected chi connectivity index (χ1v) is 9.55. The predicted octanol–water partition coefficient (Wildman–Crippen LogP) is 2.27. The molecule has 1 amide bonds. The van der Waals surface area contributed by atoms with Gasteiger partial charge in [0.05, 0.1) is 17.7 Å². The number of aromatic nitrogens is 1. The zero-order valence-electron chi connectivity index (χ0n) is 14.3. The number of carbonyl (C=O) groups excluding carboxylic acids is 1. The average molecular weight is 337 g/mol. The van der Waals surface area contributed by atoms with Crippen LogP contribution in [0.5, 0.6) is 0 Å². The molecule has 0 spiro atoms. The second-order valence-electron chi connectivity index (χ2n) is 6.57. The smallest absolute Gasteiger partial charge is 0.273 e. The molecule has 0 saturated carbocycles. The van der Waals surface area contributed by atoms with Crippen LogP contribution in [0.1, 0.15) is 35.8 Å². The number of nitrogens with zero attached hydrogens (tertiary/aromatic N) is 3. The van der Waals surface area contributed by atoms with Crippen molar-refractivity contribution in [1.29, 1.82) is 0 Å². The molecule has 3 atom stereocenters. The van der Waals surface area contributed by atoms with Crippen molar-refractivity contribution in [2.75, 3.05) is 39.3 Å². The quantitative estimate of drug-likeness (QED) is 0.827. The normalized spacial score (nSPS) is 27.5. The number of ether oxygens (including phenoxy) is 1. The first-order valence-electron chi connectivity index (χ1n) is 8.67. The number of hydrogen-bond donors (Lipinski definition) is 0. The number of thiazole rings is 1. The van der Waals surface area contributed by atoms with Crippen LogP contribution in [-0.4, -0.2) is 66.1 Å². The molecule has 0 aliphatic carbocycles. The maximum absolute atomic E-state index is 12.7. The molecule has 0 bridgehead atoms. The molecule has 5 nitrogen and oxygen atoms in total. The summed E-state index contributed by atoms with van der Waals surface area (Å²) < 4.78 is 6.08. The van der Waals surface area contributed by atoms with Gasteiger partial charge in [0, 0.05) is 30.9 Å². The zero-order valence-corrected chi connectivity index (χ0v) is 15.1. The summed E-state index contributed by atoms with van der Waals surface area (Å²) in [5.74, 6) is 1.16. The molecule has 3 rings (SSSR count). The van der Waals surface area contributed by atoms with Crippen molar-refractivity contribution in [3.05, 3.63) is 16.1 Å². The van der Waals surface area contributed by atoms with Crippen LogP contribution < -0.4 is 0 Å². The molecule has 2 fully saturated rings. The molecular weight excluding hydrogens is 310 g/mol. The third kappa shape index (κ3) is 3.59. The van der Waals surface area contributed by atoms with Gasteiger partial charge in [-0.3, -0.25) is 4.79 Å². The second-order valence-corrected chi connectivity index (χ2v) is 7.64. The van der Waals surface area contributed by atoms with Crippen LogP contribution in [0.3, 0.4) is 0 Å². The number of amides is 1. The molecule has 3 heterocycles. The highest BCUT2D eigenvalue weighted by molar-refractivity contribution is 7.09. The summed E-state index contributed by atoms with van der Waals surface area (Å²) >= 11 is 1.54. The van der Waals surface area contributed by atoms with E-state index < -0.39 is 0 Å². The molecule has 1 aromatic rings. The predicted molar refractivity (Wildman–Crippen MR) is 91.9 cm³/mol. The Kier molecular flexibility index (Phi) is 5.34. The summed E-state index contributed by atoms with van der Waals surface area (Å²) in [5, 5.41) is 2.83. The Bertz CT molecular complexity index is 544. The Hall–Kier alpha value is -0.980. The van der Waals surface area contributed by atoms with E-state index in [1.807, 2.05) is 17.2 Å². The Morgan fingerprint density at radius 3 is 2.91 bits per heavy atom. The molecule has 2 aliphatic heterocycles. The van der Waals surface area contributed by atoms with Gasteiger partial charge in [0.2, 0.25) is 0 Å². The van der Waals surface area contributed by atoms with Crippen molar-refractivity contribution in [1.82, 2.24) is 14.8 Å². The van der Waals surface area contributed by atoms with E-state index in [2.05, 4.69) is 23.7 Å². The molecule has 0 N–H and O–H groups in total. The van der Waals surface area contributed by atoms with Gasteiger partial charge < -0.3 is 14.5 Å². The fourth-order valence-corrected chi connectivity index (χ4v) is 4.35. The molecule has 0 aromatic carbocycles. The molecule has 6 heteroatoms. The lowest BCUT2D eigenvalue weighted by atomic mass is 9.84. The van der Waals surface area contributed by atoms with E-state index in [4.69, 9.17) is 4.74 Å². The van der Waals surface area contributed by atoms with Gasteiger partial charge >= 0.3 is 0 Å². The molecule has 128 valence electrons. The number of piperidine rings is 1. The number of rotatable bonds is 5. The van der Waals surface area contributed by atoms with Crippen molar-refractivity contribution in [3.8, 4) is 0 Å². The molecule has 23 heavy (non-hydrogen) atoms. The van der Waals surface area contributed by atoms with Crippen LogP contribution in [0.15, 0.2) is 5.38 Å². The minimum atomic E-state index is 0.0845. The van der Waals surface area contributed by atoms with Crippen LogP contribution in [-0.2, 0) is 4.74 Å². The maximum Gasteiger partial charge on any atom is 0.273 e. The summed E-state index contributed by atoms with van der Waals surface area (Å²) in [6.45, 7) is 11.9. The van der Waals surface area contributed by atoms with E-state index >= 15 is 0 Å². The van der Waals surface area contributed by atoms with Gasteiger partial charge in [-0.1, -0.05) is 13.8 Å². The van der Waals surface area contributed by atoms with Gasteiger partial charge in [-0.25, -0.2) is 4.98 Å². The molecule has 0 radical (unpaired) electrons. The first-order chi connectivity index (χ1) is 11.1. The van der Waals surface area contributed by atoms with Gasteiger partial charge in [0.25, 0.3) is 5.91 Å². The van der Waals surface area contributed by atoms with E-state index in [9.17, 15) is 4.79 Å². The highest BCUT2D eigenvalue weighted by Gasteiger charge is 2.42. The van der Waals surface area contributed by atoms with E-state index in [1.54, 1.807) is 11.3 Å². The summed E-state index contributed by atoms with van der Waals surface area (Å²) in [6.07, 6.45) is 1.31. The van der Waals surface area contributed by atoms with Crippen LogP contribution in [0.4, 0.5) is 0 Å². The van der Waals surface area contributed by atoms with E-state index in [1.165, 1.54) is 0 Å². The third-order valence-corrected chi connectivity index (χ3v) is 6.04. The minimum Gasteiger partial charge on any atom is -0.376 e. The van der Waals surface area contributed by atoms with Gasteiger partial charge in [0.15, 0.2) is 0 Å². The summed E-state index contributed by atoms with van der Waals surface area (Å²) in [7, 11) is 0. The summed E-state index contributed by atoms with van der Waals surface area (Å²) in [6, 6.07) is 0. The Morgan fingerprint density at radius 1 is 1.48 bits per heavy atom. The summed E-state index contributed by atoms with van der Waals surface area (Å²) in [4.78, 5) is 21.4. The number of likely N-dealkylation sites (tertiary alicyclic amines) is 1. The number of likely N-dealkylation sites (N-methyl/N-ethyl adjacent to an activating group) is 1. The topological polar surface area (TPSA) is 45.7 Å². The standard InChI is InChI=1S/C17H27N3O2S/c1-4-19(5-2)9-16-14-8-20(7-6-13(14)10-22-16)17(21)15-11-23-12(3)18-15/h11,13-14,16H,4-10H2,1-3H3/t13-,14-,16+/m0/s1. The lowest BCUT2D eigenvalue weighted by Crippen LogP contribution is -2.47. The number of fused-ring (bicyclic) bond motifs is 1. The van der Waals surface area contributed by atoms with Crippen molar-refractivity contribution < 1.29 is 9.53 Å². The Labute approximate surface area is 142 Å². The van der Waals surface area contributed by atoms with Crippen molar-refractivity contribution >= 4 is 17.2 Å². The van der Waals surface area contributed by atoms with Crippen LogP contribution >= 0.6 is 11.3 Å². The molecule has 2 saturated heterocycles. The average Bonchev–Trinajstić information content (AvgIpc) is 3.17. The second kappa shape index (κ2) is 7.28. The lowest BCUT2D eigenvalue weighted by Gasteiger charge is -2.36. The lowest BCUT2D eigenvalue weighted by molar-refractivity contribution is 0.0411. The highest BCUT2D eigenvalue weighted by atomic mass is 32.1. The van der Waals surface area contributed by atoms with E-state index in [0.29, 0.717) is 17.5 Å². The van der Waals surface area contributed by atoms with Crippen molar-refractivity contribution in [2.24, 2.45) is 11.8 Å². The van der Waals surface area contributed by atoms with Crippen LogP contribution in [0.25, 0.3) is 0 Å². The number of hydrogen-bond acceptors (Lipinski definition) is 5. The van der Waals surface area contributed by atoms with Gasteiger partial charge in [-0.2, -0.15) is 0 Å². The third-order valence-electron chi connectivity index (χ3n) is 5.27. The molecule has 0 unspecified atom stereocenters. The zero-order chi connectivity index (χ0) is 16.4. The van der Waals surface area contributed by atoms with Gasteiger partial charge in [-0.05, 0) is 32.4 Å². The summed E-state index contributed by atoms with van der Waals surface area (Å²) in [5.41, 5.74) is 0.602. The largest absolute Gasteiger partial charge is 0.376 e. The van der Waals surface area contributed by atoms with E-state index in [0.717, 1.165) is 50.8 Å². The number of aryl methyl sites for hydroxylation is 1. The van der Waals surface area contributed by atoms with Crippen LogP contribution in [0, 0.1) is 18.8 Å². The molecule has 1 aromatic heterocycles. The fraction of sp³-hybridized carbons (Fsp3) is 0.765. The first kappa shape index (κ1) is 16.9. The molecular formula is C17H27N3O2S. The van der Waals surface area contributed by atoms with Gasteiger partial charge in [0.1, 0.15) is 5.69 Å². The van der Waals surface area contributed by atoms with Crippen LogP contribution in [0.2, 0.25) is 0 Å². The SMILES string of the molecule is CCN(CC)C[C@H]1OC[C@@H]2CCN(C(=O)c3csc(C)n3)C[C@@H]21. The van der Waals surface area contributed by atoms with Crippen molar-refractivity contribution in [3.63, 3.8) is 0 Å².